The molecule has 0 radical (unpaired) electrons. The van der Waals surface area contributed by atoms with Gasteiger partial charge >= 0.3 is 0 Å². The first-order chi connectivity index (χ1) is 14.7. The Balaban J connectivity index is 1.72. The Kier molecular flexibility index (Phi) is 5.81. The number of hydrogen-bond acceptors (Lipinski definition) is 6. The average molecular weight is 440 g/mol. The van der Waals surface area contributed by atoms with Gasteiger partial charge in [-0.3, -0.25) is 4.79 Å². The van der Waals surface area contributed by atoms with Crippen LogP contribution < -0.4 is 10.2 Å². The molecule has 1 saturated heterocycles. The second-order valence-electron chi connectivity index (χ2n) is 8.79. The molecule has 1 aliphatic rings. The van der Waals surface area contributed by atoms with Gasteiger partial charge in [-0.1, -0.05) is 12.1 Å². The molecule has 7 nitrogen and oxygen atoms in total. The van der Waals surface area contributed by atoms with Crippen LogP contribution in [-0.4, -0.2) is 52.2 Å². The number of carbonyl (C=O) groups excluding carboxylic acids is 1. The Hall–Kier alpha value is -2.77. The van der Waals surface area contributed by atoms with Crippen LogP contribution in [0, 0.1) is 0 Å². The molecule has 4 rings (SSSR count). The maximum Gasteiger partial charge on any atom is 0.251 e. The number of carbonyl (C=O) groups is 1. The second-order valence-corrected chi connectivity index (χ2v) is 9.12. The number of nitrogens with one attached hydrogen (secondary N) is 1. The van der Waals surface area contributed by atoms with Crippen LogP contribution in [0.4, 0.5) is 5.82 Å². The van der Waals surface area contributed by atoms with E-state index in [4.69, 9.17) is 21.3 Å². The highest BCUT2D eigenvalue weighted by Crippen LogP contribution is 2.29. The van der Waals surface area contributed by atoms with Crippen LogP contribution in [-0.2, 0) is 4.74 Å². The van der Waals surface area contributed by atoms with Crippen LogP contribution in [0.5, 0.6) is 0 Å². The molecule has 0 aliphatic carbocycles. The minimum Gasteiger partial charge on any atom is -0.377 e. The maximum absolute atomic E-state index is 12.6. The Morgan fingerprint density at radius 1 is 1.19 bits per heavy atom. The topological polar surface area (TPSA) is 80.2 Å². The number of morpholine rings is 1. The van der Waals surface area contributed by atoms with Crippen molar-refractivity contribution >= 4 is 34.4 Å². The van der Waals surface area contributed by atoms with Gasteiger partial charge in [-0.2, -0.15) is 9.97 Å². The fraction of sp³-hybridized carbons (Fsp3) is 0.391. The van der Waals surface area contributed by atoms with Crippen molar-refractivity contribution in [1.82, 2.24) is 20.3 Å². The molecule has 1 amide bonds. The van der Waals surface area contributed by atoms with Crippen molar-refractivity contribution in [3.8, 4) is 11.3 Å². The van der Waals surface area contributed by atoms with Gasteiger partial charge in [-0.05, 0) is 63.6 Å². The van der Waals surface area contributed by atoms with Gasteiger partial charge in [0, 0.05) is 23.2 Å². The lowest BCUT2D eigenvalue weighted by Crippen LogP contribution is -2.44. The van der Waals surface area contributed by atoms with E-state index in [0.29, 0.717) is 30.1 Å². The SMILES string of the molecule is C[C@H]1COCCN1c1nc(Cl)nc2nc(-c3cccc(C(=O)NC(C)(C)C)c3)ccc12. The van der Waals surface area contributed by atoms with Crippen LogP contribution >= 0.6 is 11.6 Å². The number of nitrogens with zero attached hydrogens (tertiary/aromatic N) is 4. The molecule has 1 aliphatic heterocycles. The molecule has 1 atom stereocenters. The summed E-state index contributed by atoms with van der Waals surface area (Å²) in [5, 5.41) is 3.98. The summed E-state index contributed by atoms with van der Waals surface area (Å²) in [6.07, 6.45) is 0. The molecule has 3 heterocycles. The third-order valence-electron chi connectivity index (χ3n) is 5.06. The molecular formula is C23H26ClN5O2. The predicted octanol–water partition coefficient (Wildman–Crippen LogP) is 4.10. The normalized spacial score (nSPS) is 17.1. The van der Waals surface area contributed by atoms with Gasteiger partial charge in [-0.25, -0.2) is 4.98 Å². The van der Waals surface area contributed by atoms with E-state index in [2.05, 4.69) is 27.1 Å². The first-order valence-corrected chi connectivity index (χ1v) is 10.7. The monoisotopic (exact) mass is 439 g/mol. The Bertz CT molecular complexity index is 1130. The van der Waals surface area contributed by atoms with Gasteiger partial charge < -0.3 is 15.0 Å². The first-order valence-electron chi connectivity index (χ1n) is 10.3. The molecule has 1 N–H and O–H groups in total. The molecule has 3 aromatic rings. The molecule has 8 heteroatoms. The van der Waals surface area contributed by atoms with Gasteiger partial charge in [-0.15, -0.1) is 0 Å². The van der Waals surface area contributed by atoms with Gasteiger partial charge in [0.1, 0.15) is 5.82 Å². The number of halogens is 1. The van der Waals surface area contributed by atoms with E-state index in [1.54, 1.807) is 6.07 Å². The second kappa shape index (κ2) is 8.40. The van der Waals surface area contributed by atoms with Crippen molar-refractivity contribution in [1.29, 1.82) is 0 Å². The summed E-state index contributed by atoms with van der Waals surface area (Å²) in [5.41, 5.74) is 2.34. The Morgan fingerprint density at radius 2 is 2.00 bits per heavy atom. The lowest BCUT2D eigenvalue weighted by atomic mass is 10.0. The van der Waals surface area contributed by atoms with Crippen molar-refractivity contribution in [3.05, 3.63) is 47.2 Å². The summed E-state index contributed by atoms with van der Waals surface area (Å²) in [6, 6.07) is 11.5. The zero-order chi connectivity index (χ0) is 22.2. The number of ether oxygens (including phenoxy) is 1. The van der Waals surface area contributed by atoms with Gasteiger partial charge in [0.2, 0.25) is 5.28 Å². The third kappa shape index (κ3) is 4.78. The van der Waals surface area contributed by atoms with E-state index in [-0.39, 0.29) is 22.8 Å². The fourth-order valence-electron chi connectivity index (χ4n) is 3.62. The van der Waals surface area contributed by atoms with Crippen molar-refractivity contribution in [2.45, 2.75) is 39.3 Å². The van der Waals surface area contributed by atoms with Crippen LogP contribution in [0.2, 0.25) is 5.28 Å². The summed E-state index contributed by atoms with van der Waals surface area (Å²) in [7, 11) is 0. The lowest BCUT2D eigenvalue weighted by Gasteiger charge is -2.34. The Labute approximate surface area is 186 Å². The number of pyridine rings is 1. The lowest BCUT2D eigenvalue weighted by molar-refractivity contribution is 0.0919. The first kappa shape index (κ1) is 21.5. The Morgan fingerprint density at radius 3 is 2.74 bits per heavy atom. The standard InChI is InChI=1S/C23H26ClN5O2/c1-14-13-31-11-10-29(14)20-17-8-9-18(25-19(17)26-22(24)27-20)15-6-5-7-16(12-15)21(30)28-23(2,3)4/h5-9,12,14H,10-11,13H2,1-4H3,(H,28,30)/t14-/m0/s1. The fourth-order valence-corrected chi connectivity index (χ4v) is 3.78. The average Bonchev–Trinajstić information content (AvgIpc) is 2.72. The molecule has 2 aromatic heterocycles. The summed E-state index contributed by atoms with van der Waals surface area (Å²) in [5.74, 6) is 0.646. The number of amides is 1. The number of benzene rings is 1. The molecule has 162 valence electrons. The van der Waals surface area contributed by atoms with Crippen LogP contribution in [0.1, 0.15) is 38.1 Å². The minimum absolute atomic E-state index is 0.121. The number of hydrogen-bond donors (Lipinski definition) is 1. The van der Waals surface area contributed by atoms with E-state index in [9.17, 15) is 4.79 Å². The van der Waals surface area contributed by atoms with E-state index in [0.717, 1.165) is 23.3 Å². The molecule has 31 heavy (non-hydrogen) atoms. The van der Waals surface area contributed by atoms with Crippen molar-refractivity contribution < 1.29 is 9.53 Å². The van der Waals surface area contributed by atoms with Crippen molar-refractivity contribution in [3.63, 3.8) is 0 Å². The van der Waals surface area contributed by atoms with E-state index >= 15 is 0 Å². The molecular weight excluding hydrogens is 414 g/mol. The predicted molar refractivity (Wildman–Crippen MR) is 123 cm³/mol. The minimum atomic E-state index is -0.311. The summed E-state index contributed by atoms with van der Waals surface area (Å²) in [4.78, 5) is 28.3. The third-order valence-corrected chi connectivity index (χ3v) is 5.23. The van der Waals surface area contributed by atoms with Crippen molar-refractivity contribution in [2.75, 3.05) is 24.7 Å². The molecule has 0 unspecified atom stereocenters. The quantitative estimate of drug-likeness (QED) is 0.619. The highest BCUT2D eigenvalue weighted by molar-refractivity contribution is 6.28. The number of fused-ring (bicyclic) bond motifs is 1. The van der Waals surface area contributed by atoms with E-state index in [1.807, 2.05) is 51.1 Å². The van der Waals surface area contributed by atoms with Crippen LogP contribution in [0.15, 0.2) is 36.4 Å². The van der Waals surface area contributed by atoms with Gasteiger partial charge in [0.15, 0.2) is 5.65 Å². The number of anilines is 1. The number of aromatic nitrogens is 3. The number of rotatable bonds is 3. The summed E-state index contributed by atoms with van der Waals surface area (Å²) < 4.78 is 5.55. The summed E-state index contributed by atoms with van der Waals surface area (Å²) >= 11 is 6.24. The molecule has 1 aromatic carbocycles. The van der Waals surface area contributed by atoms with E-state index < -0.39 is 0 Å². The molecule has 1 fully saturated rings. The zero-order valence-electron chi connectivity index (χ0n) is 18.1. The van der Waals surface area contributed by atoms with Crippen LogP contribution in [0.3, 0.4) is 0 Å². The highest BCUT2D eigenvalue weighted by Gasteiger charge is 2.23. The zero-order valence-corrected chi connectivity index (χ0v) is 18.9. The van der Waals surface area contributed by atoms with Gasteiger partial charge in [0.05, 0.1) is 30.3 Å². The smallest absolute Gasteiger partial charge is 0.251 e. The molecule has 0 spiro atoms. The van der Waals surface area contributed by atoms with E-state index in [1.165, 1.54) is 0 Å². The van der Waals surface area contributed by atoms with Crippen LogP contribution in [0.25, 0.3) is 22.3 Å². The van der Waals surface area contributed by atoms with Gasteiger partial charge in [0.25, 0.3) is 5.91 Å². The largest absolute Gasteiger partial charge is 0.377 e. The maximum atomic E-state index is 12.6. The highest BCUT2D eigenvalue weighted by atomic mass is 35.5. The summed E-state index contributed by atoms with van der Waals surface area (Å²) in [6.45, 7) is 9.97. The molecule has 0 saturated carbocycles. The molecule has 0 bridgehead atoms. The van der Waals surface area contributed by atoms with Crippen molar-refractivity contribution in [2.24, 2.45) is 0 Å².